The molecule has 2 heterocycles. The van der Waals surface area contributed by atoms with E-state index in [0.29, 0.717) is 30.8 Å². The van der Waals surface area contributed by atoms with Crippen LogP contribution in [0.25, 0.3) is 0 Å². The molecule has 24 heavy (non-hydrogen) atoms. The van der Waals surface area contributed by atoms with Crippen LogP contribution in [-0.4, -0.2) is 41.1 Å². The summed E-state index contributed by atoms with van der Waals surface area (Å²) >= 11 is 0. The molecule has 1 aliphatic heterocycles. The molecule has 0 spiro atoms. The normalized spacial score (nSPS) is 24.2. The molecule has 0 aromatic carbocycles. The quantitative estimate of drug-likeness (QED) is 0.863. The lowest BCUT2D eigenvalue weighted by Crippen LogP contribution is -2.31. The number of carbonyl (C=O) groups is 2. The van der Waals surface area contributed by atoms with E-state index in [2.05, 4.69) is 10.3 Å². The van der Waals surface area contributed by atoms with Gasteiger partial charge in [-0.2, -0.15) is 0 Å². The van der Waals surface area contributed by atoms with Crippen LogP contribution in [0.4, 0.5) is 5.69 Å². The molecule has 2 N–H and O–H groups in total. The van der Waals surface area contributed by atoms with Gasteiger partial charge in [-0.05, 0) is 37.7 Å². The van der Waals surface area contributed by atoms with Crippen molar-refractivity contribution in [1.82, 2.24) is 10.3 Å². The SMILES string of the molecule is O=C(NCC[C@H]1CCCC[C@H]1O)c1cncc(N2CCCC2=O)c1. The Balaban J connectivity index is 1.54. The van der Waals surface area contributed by atoms with Gasteiger partial charge in [0.1, 0.15) is 0 Å². The zero-order valence-electron chi connectivity index (χ0n) is 13.9. The van der Waals surface area contributed by atoms with Gasteiger partial charge in [0.05, 0.1) is 23.6 Å². The largest absolute Gasteiger partial charge is 0.393 e. The number of nitrogens with zero attached hydrogens (tertiary/aromatic N) is 2. The van der Waals surface area contributed by atoms with Crippen LogP contribution in [-0.2, 0) is 4.79 Å². The first-order valence-corrected chi connectivity index (χ1v) is 8.87. The minimum atomic E-state index is -0.234. The third kappa shape index (κ3) is 3.93. The van der Waals surface area contributed by atoms with Crippen LogP contribution in [0.5, 0.6) is 0 Å². The van der Waals surface area contributed by atoms with Crippen molar-refractivity contribution < 1.29 is 14.7 Å². The van der Waals surface area contributed by atoms with Gasteiger partial charge in [-0.1, -0.05) is 12.8 Å². The van der Waals surface area contributed by atoms with Crippen LogP contribution in [0.15, 0.2) is 18.5 Å². The molecule has 6 nitrogen and oxygen atoms in total. The van der Waals surface area contributed by atoms with Crippen LogP contribution in [0.2, 0.25) is 0 Å². The Morgan fingerprint density at radius 1 is 1.29 bits per heavy atom. The second-order valence-corrected chi connectivity index (χ2v) is 6.74. The minimum absolute atomic E-state index is 0.0839. The lowest BCUT2D eigenvalue weighted by Gasteiger charge is -2.27. The second-order valence-electron chi connectivity index (χ2n) is 6.74. The van der Waals surface area contributed by atoms with Crippen molar-refractivity contribution >= 4 is 17.5 Å². The van der Waals surface area contributed by atoms with Gasteiger partial charge in [0.2, 0.25) is 5.91 Å². The maximum atomic E-state index is 12.3. The average Bonchev–Trinajstić information content (AvgIpc) is 3.03. The smallest absolute Gasteiger partial charge is 0.252 e. The highest BCUT2D eigenvalue weighted by molar-refractivity contribution is 5.98. The van der Waals surface area contributed by atoms with Gasteiger partial charge >= 0.3 is 0 Å². The monoisotopic (exact) mass is 331 g/mol. The number of pyridine rings is 1. The first kappa shape index (κ1) is 16.9. The van der Waals surface area contributed by atoms with Crippen molar-refractivity contribution in [2.45, 2.75) is 51.0 Å². The Bertz CT molecular complexity index is 605. The van der Waals surface area contributed by atoms with Crippen molar-refractivity contribution in [3.8, 4) is 0 Å². The molecule has 2 amide bonds. The summed E-state index contributed by atoms with van der Waals surface area (Å²) in [5.41, 5.74) is 1.16. The van der Waals surface area contributed by atoms with Crippen LogP contribution in [0, 0.1) is 5.92 Å². The highest BCUT2D eigenvalue weighted by atomic mass is 16.3. The van der Waals surface area contributed by atoms with E-state index in [0.717, 1.165) is 38.5 Å². The van der Waals surface area contributed by atoms with Crippen molar-refractivity contribution in [3.05, 3.63) is 24.0 Å². The van der Waals surface area contributed by atoms with Crippen LogP contribution in [0.1, 0.15) is 55.3 Å². The first-order chi connectivity index (χ1) is 11.6. The molecule has 2 fully saturated rings. The highest BCUT2D eigenvalue weighted by Gasteiger charge is 2.24. The molecule has 1 saturated heterocycles. The maximum Gasteiger partial charge on any atom is 0.252 e. The van der Waals surface area contributed by atoms with Gasteiger partial charge in [0, 0.05) is 25.7 Å². The fourth-order valence-electron chi connectivity index (χ4n) is 3.62. The predicted octanol–water partition coefficient (Wildman–Crippen LogP) is 1.88. The molecule has 2 aliphatic rings. The Hall–Kier alpha value is -1.95. The molecular formula is C18H25N3O3. The minimum Gasteiger partial charge on any atom is -0.393 e. The number of rotatable bonds is 5. The van der Waals surface area contributed by atoms with Crippen LogP contribution in [0.3, 0.4) is 0 Å². The predicted molar refractivity (Wildman–Crippen MR) is 90.7 cm³/mol. The summed E-state index contributed by atoms with van der Waals surface area (Å²) in [6.07, 6.45) is 9.27. The number of nitrogens with one attached hydrogen (secondary N) is 1. The number of aliphatic hydroxyl groups is 1. The molecule has 6 heteroatoms. The summed E-state index contributed by atoms with van der Waals surface area (Å²) in [7, 11) is 0. The van der Waals surface area contributed by atoms with Gasteiger partial charge < -0.3 is 15.3 Å². The number of hydrogen-bond acceptors (Lipinski definition) is 4. The number of carbonyl (C=O) groups excluding carboxylic acids is 2. The fourth-order valence-corrected chi connectivity index (χ4v) is 3.62. The van der Waals surface area contributed by atoms with Gasteiger partial charge in [-0.3, -0.25) is 14.6 Å². The molecule has 1 aliphatic carbocycles. The molecule has 130 valence electrons. The number of amides is 2. The Morgan fingerprint density at radius 2 is 2.12 bits per heavy atom. The zero-order valence-corrected chi connectivity index (χ0v) is 13.9. The first-order valence-electron chi connectivity index (χ1n) is 8.87. The molecule has 2 atom stereocenters. The molecular weight excluding hydrogens is 306 g/mol. The van der Waals surface area contributed by atoms with Crippen LogP contribution >= 0.6 is 0 Å². The summed E-state index contributed by atoms with van der Waals surface area (Å²) in [6.45, 7) is 1.23. The molecule has 0 bridgehead atoms. The summed E-state index contributed by atoms with van der Waals surface area (Å²) in [5.74, 6) is 0.188. The van der Waals surface area contributed by atoms with Crippen molar-refractivity contribution in [2.24, 2.45) is 5.92 Å². The van der Waals surface area contributed by atoms with E-state index in [1.54, 1.807) is 17.2 Å². The summed E-state index contributed by atoms with van der Waals surface area (Å²) in [4.78, 5) is 29.9. The molecule has 0 radical (unpaired) electrons. The number of anilines is 1. The highest BCUT2D eigenvalue weighted by Crippen LogP contribution is 2.26. The molecule has 1 aromatic heterocycles. The van der Waals surface area contributed by atoms with E-state index in [1.807, 2.05) is 0 Å². The van der Waals surface area contributed by atoms with Gasteiger partial charge in [0.25, 0.3) is 5.91 Å². The topological polar surface area (TPSA) is 82.5 Å². The van der Waals surface area contributed by atoms with E-state index < -0.39 is 0 Å². The summed E-state index contributed by atoms with van der Waals surface area (Å²) in [5, 5.41) is 12.9. The number of hydrogen-bond donors (Lipinski definition) is 2. The molecule has 1 saturated carbocycles. The van der Waals surface area contributed by atoms with E-state index in [9.17, 15) is 14.7 Å². The summed E-state index contributed by atoms with van der Waals surface area (Å²) in [6, 6.07) is 1.72. The molecule has 3 rings (SSSR count). The van der Waals surface area contributed by atoms with Crippen molar-refractivity contribution in [2.75, 3.05) is 18.0 Å². The lowest BCUT2D eigenvalue weighted by molar-refractivity contribution is -0.117. The zero-order chi connectivity index (χ0) is 16.9. The maximum absolute atomic E-state index is 12.3. The fraction of sp³-hybridized carbons (Fsp3) is 0.611. The van der Waals surface area contributed by atoms with E-state index in [-0.39, 0.29) is 23.8 Å². The van der Waals surface area contributed by atoms with Gasteiger partial charge in [0.15, 0.2) is 0 Å². The van der Waals surface area contributed by atoms with E-state index >= 15 is 0 Å². The second kappa shape index (κ2) is 7.75. The van der Waals surface area contributed by atoms with Crippen LogP contribution < -0.4 is 10.2 Å². The lowest BCUT2D eigenvalue weighted by atomic mass is 9.84. The molecule has 0 unspecified atom stereocenters. The number of aromatic nitrogens is 1. The van der Waals surface area contributed by atoms with Crippen molar-refractivity contribution in [1.29, 1.82) is 0 Å². The third-order valence-electron chi connectivity index (χ3n) is 5.04. The third-order valence-corrected chi connectivity index (χ3v) is 5.04. The van der Waals surface area contributed by atoms with E-state index in [4.69, 9.17) is 0 Å². The van der Waals surface area contributed by atoms with Gasteiger partial charge in [-0.15, -0.1) is 0 Å². The average molecular weight is 331 g/mol. The van der Waals surface area contributed by atoms with Crippen molar-refractivity contribution in [3.63, 3.8) is 0 Å². The Kier molecular flexibility index (Phi) is 5.45. The van der Waals surface area contributed by atoms with E-state index in [1.165, 1.54) is 6.20 Å². The Morgan fingerprint density at radius 3 is 2.88 bits per heavy atom. The summed E-state index contributed by atoms with van der Waals surface area (Å²) < 4.78 is 0. The molecule has 1 aromatic rings. The van der Waals surface area contributed by atoms with Gasteiger partial charge in [-0.25, -0.2) is 0 Å². The Labute approximate surface area is 142 Å². The standard InChI is InChI=1S/C18H25N3O3/c22-16-5-2-1-4-13(16)7-8-20-18(24)14-10-15(12-19-11-14)21-9-3-6-17(21)23/h10-13,16,22H,1-9H2,(H,20,24)/t13-,16-/m1/s1. The number of aliphatic hydroxyl groups excluding tert-OH is 1.